The molecular weight excluding hydrogens is 287 g/mol. The van der Waals surface area contributed by atoms with Crippen molar-refractivity contribution < 1.29 is 24.2 Å². The van der Waals surface area contributed by atoms with Crippen molar-refractivity contribution in [3.05, 3.63) is 53.9 Å². The maximum absolute atomic E-state index is 12.1. The second-order valence-corrected chi connectivity index (χ2v) is 4.31. The van der Waals surface area contributed by atoms with E-state index in [0.717, 1.165) is 0 Å². The van der Waals surface area contributed by atoms with Gasteiger partial charge in [-0.3, -0.25) is 9.78 Å². The number of benzene rings is 1. The molecule has 0 spiro atoms. The van der Waals surface area contributed by atoms with Gasteiger partial charge >= 0.3 is 7.32 Å². The van der Waals surface area contributed by atoms with Crippen LogP contribution in [0.15, 0.2) is 42.6 Å². The van der Waals surface area contributed by atoms with Gasteiger partial charge in [0, 0.05) is 0 Å². The zero-order valence-electron chi connectivity index (χ0n) is 11.9. The molecule has 1 amide bonds. The van der Waals surface area contributed by atoms with E-state index in [1.165, 1.54) is 19.4 Å². The van der Waals surface area contributed by atoms with E-state index >= 15 is 0 Å². The predicted molar refractivity (Wildman–Crippen MR) is 79.2 cm³/mol. The Morgan fingerprint density at radius 3 is 2.68 bits per heavy atom. The van der Waals surface area contributed by atoms with Crippen LogP contribution in [0, 0.1) is 0 Å². The molecule has 0 unspecified atom stereocenters. The Kier molecular flexibility index (Phi) is 5.34. The van der Waals surface area contributed by atoms with Crippen LogP contribution < -0.4 is 14.7 Å². The zero-order valence-corrected chi connectivity index (χ0v) is 11.9. The van der Waals surface area contributed by atoms with Crippen LogP contribution in [0.4, 0.5) is 0 Å². The van der Waals surface area contributed by atoms with E-state index in [0.29, 0.717) is 17.0 Å². The molecule has 8 heteroatoms. The molecule has 1 aromatic heterocycles. The summed E-state index contributed by atoms with van der Waals surface area (Å²) in [6.07, 6.45) is 1.34. The molecule has 0 saturated carbocycles. The molecule has 0 aliphatic heterocycles. The Morgan fingerprint density at radius 2 is 2.05 bits per heavy atom. The predicted octanol–water partition coefficient (Wildman–Crippen LogP) is 0.368. The van der Waals surface area contributed by atoms with Gasteiger partial charge in [-0.1, -0.05) is 12.1 Å². The number of aromatic nitrogens is 1. The number of rotatable bonds is 6. The Hall–Kier alpha value is -2.58. The first-order valence-corrected chi connectivity index (χ1v) is 6.49. The molecular formula is C14H15BN2O5. The van der Waals surface area contributed by atoms with Crippen LogP contribution in [-0.4, -0.2) is 35.4 Å². The topological polar surface area (TPSA) is 101 Å². The van der Waals surface area contributed by atoms with Crippen molar-refractivity contribution in [2.24, 2.45) is 0 Å². The second-order valence-electron chi connectivity index (χ2n) is 4.31. The van der Waals surface area contributed by atoms with Crippen molar-refractivity contribution in [3.63, 3.8) is 0 Å². The van der Waals surface area contributed by atoms with E-state index in [2.05, 4.69) is 15.0 Å². The molecule has 2 aromatic rings. The van der Waals surface area contributed by atoms with Crippen LogP contribution in [0.2, 0.25) is 0 Å². The van der Waals surface area contributed by atoms with Crippen molar-refractivity contribution in [3.8, 4) is 11.5 Å². The molecule has 7 nitrogen and oxygen atoms in total. The summed E-state index contributed by atoms with van der Waals surface area (Å²) in [4.78, 5) is 16.1. The molecule has 0 bridgehead atoms. The van der Waals surface area contributed by atoms with E-state index in [-0.39, 0.29) is 18.2 Å². The molecule has 0 aliphatic carbocycles. The van der Waals surface area contributed by atoms with Gasteiger partial charge in [0.15, 0.2) is 0 Å². The average Bonchev–Trinajstić information content (AvgIpc) is 2.53. The van der Waals surface area contributed by atoms with E-state index in [1.54, 1.807) is 30.3 Å². The maximum Gasteiger partial charge on any atom is 0.707 e. The third kappa shape index (κ3) is 4.21. The van der Waals surface area contributed by atoms with Gasteiger partial charge in [0.2, 0.25) is 0 Å². The molecule has 1 heterocycles. The van der Waals surface area contributed by atoms with Crippen molar-refractivity contribution in [2.45, 2.75) is 6.54 Å². The van der Waals surface area contributed by atoms with E-state index in [9.17, 15) is 4.79 Å². The number of nitrogens with zero attached hydrogens (tertiary/aromatic N) is 1. The lowest BCUT2D eigenvalue weighted by Gasteiger charge is -2.09. The minimum absolute atomic E-state index is 0.217. The summed E-state index contributed by atoms with van der Waals surface area (Å²) in [5.74, 6) is 0.439. The number of methoxy groups -OCH3 is 1. The van der Waals surface area contributed by atoms with Gasteiger partial charge in [-0.15, -0.1) is 0 Å². The van der Waals surface area contributed by atoms with Crippen molar-refractivity contribution in [2.75, 3.05) is 7.11 Å². The van der Waals surface area contributed by atoms with Crippen LogP contribution in [0.25, 0.3) is 0 Å². The number of ether oxygens (including phenoxy) is 1. The highest BCUT2D eigenvalue weighted by atomic mass is 16.6. The lowest BCUT2D eigenvalue weighted by Crippen LogP contribution is -2.24. The van der Waals surface area contributed by atoms with Crippen LogP contribution in [0.5, 0.6) is 11.5 Å². The number of amides is 1. The summed E-state index contributed by atoms with van der Waals surface area (Å²) >= 11 is 0. The van der Waals surface area contributed by atoms with Gasteiger partial charge < -0.3 is 24.8 Å². The number of carbonyl (C=O) groups excluding carboxylic acids is 1. The van der Waals surface area contributed by atoms with Gasteiger partial charge in [-0.2, -0.15) is 0 Å². The fraction of sp³-hybridized carbons (Fsp3) is 0.143. The molecule has 0 aliphatic rings. The van der Waals surface area contributed by atoms with E-state index in [4.69, 9.17) is 14.8 Å². The van der Waals surface area contributed by atoms with Gasteiger partial charge in [0.25, 0.3) is 5.91 Å². The van der Waals surface area contributed by atoms with Crippen molar-refractivity contribution in [1.29, 1.82) is 0 Å². The molecule has 1 aromatic carbocycles. The normalized spacial score (nSPS) is 9.95. The van der Waals surface area contributed by atoms with Gasteiger partial charge in [-0.05, 0) is 24.3 Å². The summed E-state index contributed by atoms with van der Waals surface area (Å²) in [5, 5.41) is 20.1. The summed E-state index contributed by atoms with van der Waals surface area (Å²) in [5.41, 5.74) is 1.04. The molecule has 22 heavy (non-hydrogen) atoms. The van der Waals surface area contributed by atoms with E-state index in [1.807, 2.05) is 0 Å². The van der Waals surface area contributed by atoms with Gasteiger partial charge in [-0.25, -0.2) is 0 Å². The fourth-order valence-corrected chi connectivity index (χ4v) is 1.81. The van der Waals surface area contributed by atoms with Crippen LogP contribution in [0.1, 0.15) is 16.1 Å². The molecule has 0 atom stereocenters. The lowest BCUT2D eigenvalue weighted by molar-refractivity contribution is 0.0947. The SMILES string of the molecule is COc1ccccc1C(=O)NCc1ccc(OB(O)O)cn1. The lowest BCUT2D eigenvalue weighted by atomic mass is 10.2. The third-order valence-corrected chi connectivity index (χ3v) is 2.82. The van der Waals surface area contributed by atoms with Crippen LogP contribution in [-0.2, 0) is 6.54 Å². The Morgan fingerprint density at radius 1 is 1.27 bits per heavy atom. The number of para-hydroxylation sites is 1. The van der Waals surface area contributed by atoms with Crippen LogP contribution >= 0.6 is 0 Å². The number of nitrogens with one attached hydrogen (secondary N) is 1. The maximum atomic E-state index is 12.1. The molecule has 3 N–H and O–H groups in total. The molecule has 114 valence electrons. The summed E-state index contributed by atoms with van der Waals surface area (Å²) < 4.78 is 9.77. The highest BCUT2D eigenvalue weighted by Crippen LogP contribution is 2.17. The van der Waals surface area contributed by atoms with Gasteiger partial charge in [0.05, 0.1) is 31.1 Å². The Labute approximate surface area is 127 Å². The highest BCUT2D eigenvalue weighted by molar-refractivity contribution is 6.33. The first kappa shape index (κ1) is 15.8. The first-order chi connectivity index (χ1) is 10.6. The minimum Gasteiger partial charge on any atom is -0.511 e. The standard InChI is InChI=1S/C14H15BN2O5/c1-21-13-5-3-2-4-12(13)14(18)17-8-10-6-7-11(9-16-10)22-15(19)20/h2-7,9,19-20H,8H2,1H3,(H,17,18). The smallest absolute Gasteiger partial charge is 0.511 e. The summed E-state index contributed by atoms with van der Waals surface area (Å²) in [6.45, 7) is 0.221. The molecule has 0 radical (unpaired) electrons. The number of pyridine rings is 1. The number of carbonyl (C=O) groups is 1. The molecule has 0 fully saturated rings. The van der Waals surface area contributed by atoms with Crippen molar-refractivity contribution >= 4 is 13.2 Å². The van der Waals surface area contributed by atoms with Crippen molar-refractivity contribution in [1.82, 2.24) is 10.3 Å². The molecule has 0 saturated heterocycles. The monoisotopic (exact) mass is 302 g/mol. The fourth-order valence-electron chi connectivity index (χ4n) is 1.81. The number of hydrogen-bond donors (Lipinski definition) is 3. The largest absolute Gasteiger partial charge is 0.707 e. The average molecular weight is 302 g/mol. The third-order valence-electron chi connectivity index (χ3n) is 2.82. The second kappa shape index (κ2) is 7.44. The summed E-state index contributed by atoms with van der Waals surface area (Å²) in [7, 11) is -0.389. The first-order valence-electron chi connectivity index (χ1n) is 6.49. The molecule has 2 rings (SSSR count). The Balaban J connectivity index is 1.96. The summed E-state index contributed by atoms with van der Waals surface area (Å²) in [6, 6.07) is 10.0. The zero-order chi connectivity index (χ0) is 15.9. The van der Waals surface area contributed by atoms with Gasteiger partial charge in [0.1, 0.15) is 11.5 Å². The quantitative estimate of drug-likeness (QED) is 0.666. The minimum atomic E-state index is -1.89. The Bertz CT molecular complexity index is 633. The van der Waals surface area contributed by atoms with Crippen LogP contribution in [0.3, 0.4) is 0 Å². The number of hydrogen-bond acceptors (Lipinski definition) is 6. The highest BCUT2D eigenvalue weighted by Gasteiger charge is 2.12. The van der Waals surface area contributed by atoms with E-state index < -0.39 is 7.32 Å².